The Kier molecular flexibility index (Phi) is 6.67. The third-order valence-electron chi connectivity index (χ3n) is 3.47. The predicted octanol–water partition coefficient (Wildman–Crippen LogP) is 3.59. The molecule has 1 aliphatic heterocycles. The number of carbonyl (C=O) groups excluding carboxylic acids is 2. The molecule has 0 spiro atoms. The van der Waals surface area contributed by atoms with Crippen LogP contribution in [0, 0.1) is 5.92 Å². The van der Waals surface area contributed by atoms with Crippen LogP contribution < -0.4 is 5.32 Å². The average Bonchev–Trinajstić information content (AvgIpc) is 3.00. The lowest BCUT2D eigenvalue weighted by Gasteiger charge is -2.23. The molecule has 1 atom stereocenters. The maximum Gasteiger partial charge on any atom is 0.446 e. The molecule has 1 aromatic rings. The molecule has 138 valence electrons. The first-order valence-electron chi connectivity index (χ1n) is 7.69. The summed E-state index contributed by atoms with van der Waals surface area (Å²) < 4.78 is 37.1. The SMILES string of the molecule is CC(C)CNC(=O)C1CSCN1C(=O)c1ccc(SC(F)(F)F)cc1. The van der Waals surface area contributed by atoms with Crippen LogP contribution in [0.25, 0.3) is 0 Å². The molecular weight excluding hydrogens is 373 g/mol. The van der Waals surface area contributed by atoms with E-state index in [1.165, 1.54) is 40.9 Å². The lowest BCUT2D eigenvalue weighted by molar-refractivity contribution is -0.124. The Morgan fingerprint density at radius 1 is 1.32 bits per heavy atom. The third kappa shape index (κ3) is 5.85. The first-order valence-corrected chi connectivity index (χ1v) is 9.66. The van der Waals surface area contributed by atoms with Crippen LogP contribution in [0.4, 0.5) is 13.2 Å². The highest BCUT2D eigenvalue weighted by molar-refractivity contribution is 8.00. The summed E-state index contributed by atoms with van der Waals surface area (Å²) in [5.74, 6) is 0.658. The van der Waals surface area contributed by atoms with Crippen molar-refractivity contribution in [2.75, 3.05) is 18.2 Å². The molecule has 1 aromatic carbocycles. The number of thioether (sulfide) groups is 2. The van der Waals surface area contributed by atoms with Crippen LogP contribution in [0.2, 0.25) is 0 Å². The lowest BCUT2D eigenvalue weighted by atomic mass is 10.1. The molecule has 2 amide bonds. The molecule has 1 heterocycles. The number of halogens is 3. The molecule has 4 nitrogen and oxygen atoms in total. The summed E-state index contributed by atoms with van der Waals surface area (Å²) in [6.45, 7) is 4.49. The van der Waals surface area contributed by atoms with E-state index in [4.69, 9.17) is 0 Å². The summed E-state index contributed by atoms with van der Waals surface area (Å²) in [6, 6.07) is 4.70. The fourth-order valence-electron chi connectivity index (χ4n) is 2.25. The van der Waals surface area contributed by atoms with Crippen molar-refractivity contribution in [1.82, 2.24) is 10.2 Å². The number of benzene rings is 1. The molecule has 9 heteroatoms. The van der Waals surface area contributed by atoms with Gasteiger partial charge in [0, 0.05) is 22.8 Å². The summed E-state index contributed by atoms with van der Waals surface area (Å²) in [7, 11) is 0. The van der Waals surface area contributed by atoms with E-state index in [1.54, 1.807) is 0 Å². The standard InChI is InChI=1S/C16H19F3N2O2S2/c1-10(2)7-20-14(22)13-8-24-9-21(13)15(23)11-3-5-12(6-4-11)25-16(17,18)19/h3-6,10,13H,7-9H2,1-2H3,(H,20,22). The Bertz CT molecular complexity index is 621. The Hall–Kier alpha value is -1.35. The van der Waals surface area contributed by atoms with E-state index in [0.29, 0.717) is 24.1 Å². The minimum Gasteiger partial charge on any atom is -0.354 e. The molecule has 0 saturated carbocycles. The number of hydrogen-bond acceptors (Lipinski definition) is 4. The number of carbonyl (C=O) groups is 2. The summed E-state index contributed by atoms with van der Waals surface area (Å²) >= 11 is 1.25. The number of hydrogen-bond donors (Lipinski definition) is 1. The van der Waals surface area contributed by atoms with Crippen molar-refractivity contribution < 1.29 is 22.8 Å². The highest BCUT2D eigenvalue weighted by atomic mass is 32.2. The van der Waals surface area contributed by atoms with Gasteiger partial charge in [0.15, 0.2) is 0 Å². The minimum absolute atomic E-state index is 0.0195. The monoisotopic (exact) mass is 392 g/mol. The Morgan fingerprint density at radius 2 is 1.96 bits per heavy atom. The summed E-state index contributed by atoms with van der Waals surface area (Å²) in [5, 5.41) is 2.82. The van der Waals surface area contributed by atoms with E-state index in [0.717, 1.165) is 0 Å². The number of amides is 2. The zero-order chi connectivity index (χ0) is 18.6. The van der Waals surface area contributed by atoms with Crippen LogP contribution in [-0.4, -0.2) is 46.4 Å². The molecule has 1 aliphatic rings. The van der Waals surface area contributed by atoms with Crippen molar-refractivity contribution in [1.29, 1.82) is 0 Å². The minimum atomic E-state index is -4.36. The second kappa shape index (κ2) is 8.35. The van der Waals surface area contributed by atoms with Crippen LogP contribution in [0.15, 0.2) is 29.2 Å². The number of alkyl halides is 3. The summed E-state index contributed by atoms with van der Waals surface area (Å²) in [6.07, 6.45) is 0. The molecule has 25 heavy (non-hydrogen) atoms. The van der Waals surface area contributed by atoms with Gasteiger partial charge in [-0.2, -0.15) is 13.2 Å². The van der Waals surface area contributed by atoms with E-state index in [1.807, 2.05) is 13.8 Å². The maximum absolute atomic E-state index is 12.6. The van der Waals surface area contributed by atoms with Crippen molar-refractivity contribution in [3.63, 3.8) is 0 Å². The van der Waals surface area contributed by atoms with Gasteiger partial charge in [-0.05, 0) is 41.9 Å². The number of nitrogens with one attached hydrogen (secondary N) is 1. The van der Waals surface area contributed by atoms with Crippen molar-refractivity contribution >= 4 is 35.3 Å². The van der Waals surface area contributed by atoms with E-state index in [2.05, 4.69) is 5.32 Å². The van der Waals surface area contributed by atoms with Gasteiger partial charge >= 0.3 is 5.51 Å². The van der Waals surface area contributed by atoms with E-state index in [-0.39, 0.29) is 34.0 Å². The highest BCUT2D eigenvalue weighted by Crippen LogP contribution is 2.36. The predicted molar refractivity (Wildman–Crippen MR) is 93.5 cm³/mol. The molecule has 0 bridgehead atoms. The molecule has 0 radical (unpaired) electrons. The van der Waals surface area contributed by atoms with Gasteiger partial charge < -0.3 is 10.2 Å². The molecular formula is C16H19F3N2O2S2. The van der Waals surface area contributed by atoms with E-state index in [9.17, 15) is 22.8 Å². The summed E-state index contributed by atoms with van der Waals surface area (Å²) in [4.78, 5) is 26.3. The van der Waals surface area contributed by atoms with Gasteiger partial charge in [0.05, 0.1) is 5.88 Å². The van der Waals surface area contributed by atoms with Crippen LogP contribution in [-0.2, 0) is 4.79 Å². The van der Waals surface area contributed by atoms with Crippen LogP contribution >= 0.6 is 23.5 Å². The van der Waals surface area contributed by atoms with E-state index >= 15 is 0 Å². The van der Waals surface area contributed by atoms with Crippen molar-refractivity contribution in [3.05, 3.63) is 29.8 Å². The van der Waals surface area contributed by atoms with Crippen LogP contribution in [0.1, 0.15) is 24.2 Å². The molecule has 1 unspecified atom stereocenters. The molecule has 1 saturated heterocycles. The third-order valence-corrected chi connectivity index (χ3v) is 5.22. The Balaban J connectivity index is 2.04. The van der Waals surface area contributed by atoms with Gasteiger partial charge in [0.2, 0.25) is 5.91 Å². The molecule has 0 aromatic heterocycles. The molecule has 0 aliphatic carbocycles. The normalized spacial score (nSPS) is 17.8. The van der Waals surface area contributed by atoms with Crippen LogP contribution in [0.3, 0.4) is 0 Å². The largest absolute Gasteiger partial charge is 0.446 e. The Morgan fingerprint density at radius 3 is 2.52 bits per heavy atom. The van der Waals surface area contributed by atoms with E-state index < -0.39 is 11.6 Å². The van der Waals surface area contributed by atoms with Crippen molar-refractivity contribution in [2.24, 2.45) is 5.92 Å². The van der Waals surface area contributed by atoms with Crippen LogP contribution in [0.5, 0.6) is 0 Å². The number of rotatable bonds is 5. The van der Waals surface area contributed by atoms with Gasteiger partial charge in [-0.25, -0.2) is 0 Å². The average molecular weight is 392 g/mol. The molecule has 1 N–H and O–H groups in total. The topological polar surface area (TPSA) is 49.4 Å². The zero-order valence-corrected chi connectivity index (χ0v) is 15.4. The van der Waals surface area contributed by atoms with Crippen molar-refractivity contribution in [2.45, 2.75) is 30.3 Å². The van der Waals surface area contributed by atoms with Gasteiger partial charge in [0.25, 0.3) is 5.91 Å². The highest BCUT2D eigenvalue weighted by Gasteiger charge is 2.35. The lowest BCUT2D eigenvalue weighted by Crippen LogP contribution is -2.47. The second-order valence-corrected chi connectivity index (χ2v) is 8.14. The smallest absolute Gasteiger partial charge is 0.354 e. The van der Waals surface area contributed by atoms with Gasteiger partial charge in [-0.3, -0.25) is 9.59 Å². The fourth-order valence-corrected chi connectivity index (χ4v) is 3.94. The second-order valence-electron chi connectivity index (χ2n) is 6.00. The van der Waals surface area contributed by atoms with Gasteiger partial charge in [-0.1, -0.05) is 13.8 Å². The van der Waals surface area contributed by atoms with Crippen molar-refractivity contribution in [3.8, 4) is 0 Å². The summed E-state index contributed by atoms with van der Waals surface area (Å²) in [5.41, 5.74) is -4.09. The van der Waals surface area contributed by atoms with Gasteiger partial charge in [-0.15, -0.1) is 11.8 Å². The van der Waals surface area contributed by atoms with Gasteiger partial charge in [0.1, 0.15) is 6.04 Å². The first kappa shape index (κ1) is 20.0. The zero-order valence-electron chi connectivity index (χ0n) is 13.8. The maximum atomic E-state index is 12.6. The number of nitrogens with zero attached hydrogens (tertiary/aromatic N) is 1. The molecule has 2 rings (SSSR count). The fraction of sp³-hybridized carbons (Fsp3) is 0.500. The molecule has 1 fully saturated rings. The quantitative estimate of drug-likeness (QED) is 0.778. The Labute approximate surface area is 152 Å². The first-order chi connectivity index (χ1) is 11.7.